The lowest BCUT2D eigenvalue weighted by atomic mass is 10.1. The van der Waals surface area contributed by atoms with Crippen LogP contribution in [-0.4, -0.2) is 41.8 Å². The highest BCUT2D eigenvalue weighted by Crippen LogP contribution is 2.34. The molecule has 1 atom stereocenters. The van der Waals surface area contributed by atoms with Crippen LogP contribution in [0.3, 0.4) is 0 Å². The first-order valence-corrected chi connectivity index (χ1v) is 15.7. The highest BCUT2D eigenvalue weighted by molar-refractivity contribution is 7.12. The Morgan fingerprint density at radius 3 is 2.64 bits per heavy atom. The van der Waals surface area contributed by atoms with Gasteiger partial charge in [0.05, 0.1) is 31.0 Å². The maximum absolute atomic E-state index is 14.0. The average molecular weight is 634 g/mol. The van der Waals surface area contributed by atoms with Crippen molar-refractivity contribution in [3.63, 3.8) is 0 Å². The van der Waals surface area contributed by atoms with Gasteiger partial charge in [-0.05, 0) is 81.5 Å². The molecule has 45 heavy (non-hydrogen) atoms. The molecule has 0 aliphatic carbocycles. The predicted molar refractivity (Wildman–Crippen MR) is 168 cm³/mol. The molecule has 0 fully saturated rings. The van der Waals surface area contributed by atoms with E-state index in [-0.39, 0.29) is 30.2 Å². The fourth-order valence-corrected chi connectivity index (χ4v) is 7.02. The number of thiophene rings is 1. The van der Waals surface area contributed by atoms with Gasteiger partial charge in [0.15, 0.2) is 5.82 Å². The van der Waals surface area contributed by atoms with Crippen molar-refractivity contribution in [3.05, 3.63) is 84.8 Å². The van der Waals surface area contributed by atoms with Gasteiger partial charge in [0, 0.05) is 29.5 Å². The van der Waals surface area contributed by atoms with Gasteiger partial charge in [0.1, 0.15) is 23.2 Å². The van der Waals surface area contributed by atoms with Crippen molar-refractivity contribution >= 4 is 29.2 Å². The largest absolute Gasteiger partial charge is 0.444 e. The number of ether oxygens (including phenoxy) is 1. The third-order valence-electron chi connectivity index (χ3n) is 7.84. The van der Waals surface area contributed by atoms with Gasteiger partial charge in [0.2, 0.25) is 5.91 Å². The van der Waals surface area contributed by atoms with Crippen molar-refractivity contribution in [2.24, 2.45) is 7.05 Å². The Balaban J connectivity index is 1.20. The van der Waals surface area contributed by atoms with E-state index >= 15 is 0 Å². The fourth-order valence-electron chi connectivity index (χ4n) is 5.89. The molecular weight excluding hydrogens is 597 g/mol. The second kappa shape index (κ2) is 11.8. The van der Waals surface area contributed by atoms with E-state index < -0.39 is 17.2 Å². The van der Waals surface area contributed by atoms with Crippen LogP contribution < -0.4 is 16.2 Å². The van der Waals surface area contributed by atoms with E-state index in [4.69, 9.17) is 9.72 Å². The van der Waals surface area contributed by atoms with E-state index in [0.717, 1.165) is 26.6 Å². The van der Waals surface area contributed by atoms with E-state index in [1.807, 2.05) is 39.0 Å². The van der Waals surface area contributed by atoms with E-state index in [0.29, 0.717) is 49.4 Å². The average Bonchev–Trinajstić information content (AvgIpc) is 3.73. The number of fused-ring (bicyclic) bond motifs is 2. The van der Waals surface area contributed by atoms with Gasteiger partial charge < -0.3 is 15.4 Å². The maximum atomic E-state index is 14.0. The summed E-state index contributed by atoms with van der Waals surface area (Å²) >= 11 is 1.56. The van der Waals surface area contributed by atoms with Gasteiger partial charge >= 0.3 is 6.09 Å². The molecule has 4 aromatic rings. The lowest BCUT2D eigenvalue weighted by Gasteiger charge is -2.24. The number of carbonyl (C=O) groups excluding carboxylic acids is 2. The molecule has 0 bridgehead atoms. The van der Waals surface area contributed by atoms with Crippen molar-refractivity contribution in [1.82, 2.24) is 29.5 Å². The number of aromatic nitrogens is 4. The van der Waals surface area contributed by atoms with Crippen LogP contribution in [0.1, 0.15) is 65.4 Å². The van der Waals surface area contributed by atoms with Gasteiger partial charge in [-0.2, -0.15) is 5.10 Å². The second-order valence-electron chi connectivity index (χ2n) is 12.5. The Labute approximate surface area is 264 Å². The third-order valence-corrected chi connectivity index (χ3v) is 9.00. The zero-order valence-corrected chi connectivity index (χ0v) is 26.8. The zero-order chi connectivity index (χ0) is 32.0. The predicted octanol–water partition coefficient (Wildman–Crippen LogP) is 4.82. The summed E-state index contributed by atoms with van der Waals surface area (Å²) < 4.78 is 22.7. The SMILES string of the molecule is Cc1cc(F)cc(CNc2nc(-c3ccnn3C)c3n(c2=O)[C@H](C(=O)NCc2cc4c(s2)CN(C(=O)OC(C)(C)C)C4)CC3)c1. The number of benzene rings is 1. The van der Waals surface area contributed by atoms with Crippen molar-refractivity contribution < 1.29 is 18.7 Å². The van der Waals surface area contributed by atoms with Crippen LogP contribution in [0.15, 0.2) is 41.3 Å². The molecule has 1 aromatic carbocycles. The number of nitrogens with zero attached hydrogens (tertiary/aromatic N) is 5. The van der Waals surface area contributed by atoms with Gasteiger partial charge in [-0.15, -0.1) is 11.3 Å². The number of hydrogen-bond acceptors (Lipinski definition) is 8. The summed E-state index contributed by atoms with van der Waals surface area (Å²) in [7, 11) is 1.80. The fraction of sp³-hybridized carbons (Fsp3) is 0.406. The van der Waals surface area contributed by atoms with Crippen LogP contribution in [-0.2, 0) is 49.2 Å². The van der Waals surface area contributed by atoms with Crippen molar-refractivity contribution in [3.8, 4) is 11.4 Å². The number of carbonyl (C=O) groups is 2. The first-order chi connectivity index (χ1) is 21.4. The molecule has 236 valence electrons. The highest BCUT2D eigenvalue weighted by Gasteiger charge is 2.34. The lowest BCUT2D eigenvalue weighted by molar-refractivity contribution is -0.124. The standard InChI is InChI=1S/C32H36FN7O4S/c1-18-10-19(12-21(33)11-18)14-34-28-30(42)40-24(27(37-28)23-8-9-36-38(23)5)6-7-25(40)29(41)35-15-22-13-20-16-39(17-26(20)45-22)31(43)44-32(2,3)4/h8-13,25H,6-7,14-17H2,1-5H3,(H,34,37)(H,35,41)/t25-/m0/s1. The molecule has 0 saturated heterocycles. The molecule has 2 amide bonds. The van der Waals surface area contributed by atoms with E-state index in [1.54, 1.807) is 41.1 Å². The van der Waals surface area contributed by atoms with Gasteiger partial charge in [-0.1, -0.05) is 6.07 Å². The summed E-state index contributed by atoms with van der Waals surface area (Å²) in [4.78, 5) is 48.3. The molecule has 2 N–H and O–H groups in total. The summed E-state index contributed by atoms with van der Waals surface area (Å²) in [6, 6.07) is 7.82. The number of aryl methyl sites for hydroxylation is 2. The van der Waals surface area contributed by atoms with E-state index in [2.05, 4.69) is 15.7 Å². The van der Waals surface area contributed by atoms with Gasteiger partial charge in [-0.3, -0.25) is 23.7 Å². The highest BCUT2D eigenvalue weighted by atomic mass is 32.1. The summed E-state index contributed by atoms with van der Waals surface area (Å²) in [5, 5.41) is 10.4. The van der Waals surface area contributed by atoms with Crippen LogP contribution in [0.4, 0.5) is 15.0 Å². The molecule has 0 radical (unpaired) electrons. The van der Waals surface area contributed by atoms with E-state index in [9.17, 15) is 18.8 Å². The molecule has 11 nitrogen and oxygen atoms in total. The van der Waals surface area contributed by atoms with Crippen LogP contribution in [0, 0.1) is 12.7 Å². The first-order valence-electron chi connectivity index (χ1n) is 14.9. The third kappa shape index (κ3) is 6.35. The van der Waals surface area contributed by atoms with Gasteiger partial charge in [-0.25, -0.2) is 14.2 Å². The van der Waals surface area contributed by atoms with Crippen molar-refractivity contribution in [2.75, 3.05) is 5.32 Å². The molecule has 0 spiro atoms. The number of halogens is 1. The Hall–Kier alpha value is -4.52. The summed E-state index contributed by atoms with van der Waals surface area (Å²) in [6.07, 6.45) is 2.27. The first kappa shape index (κ1) is 30.5. The van der Waals surface area contributed by atoms with Crippen molar-refractivity contribution in [2.45, 2.75) is 78.4 Å². The number of anilines is 1. The maximum Gasteiger partial charge on any atom is 0.410 e. The number of nitrogens with one attached hydrogen (secondary N) is 2. The topological polar surface area (TPSA) is 123 Å². The van der Waals surface area contributed by atoms with Crippen LogP contribution in [0.25, 0.3) is 11.4 Å². The second-order valence-corrected chi connectivity index (χ2v) is 13.8. The number of rotatable bonds is 7. The number of hydrogen-bond donors (Lipinski definition) is 2. The minimum Gasteiger partial charge on any atom is -0.444 e. The van der Waals surface area contributed by atoms with Crippen LogP contribution >= 0.6 is 11.3 Å². The Morgan fingerprint density at radius 2 is 1.96 bits per heavy atom. The normalized spacial score (nSPS) is 15.6. The molecule has 13 heteroatoms. The summed E-state index contributed by atoms with van der Waals surface area (Å²) in [5.74, 6) is -0.525. The molecule has 3 aromatic heterocycles. The molecule has 2 aliphatic heterocycles. The molecule has 2 aliphatic rings. The van der Waals surface area contributed by atoms with Gasteiger partial charge in [0.25, 0.3) is 5.56 Å². The molecule has 6 rings (SSSR count). The van der Waals surface area contributed by atoms with Crippen LogP contribution in [0.5, 0.6) is 0 Å². The molecule has 0 unspecified atom stereocenters. The Bertz CT molecular complexity index is 1810. The minimum absolute atomic E-state index is 0.0841. The summed E-state index contributed by atoms with van der Waals surface area (Å²) in [5.41, 5.74) is 3.50. The zero-order valence-electron chi connectivity index (χ0n) is 25.9. The molecule has 5 heterocycles. The monoisotopic (exact) mass is 633 g/mol. The molecule has 0 saturated carbocycles. The van der Waals surface area contributed by atoms with Crippen LogP contribution in [0.2, 0.25) is 0 Å². The molecular formula is C32H36FN7O4S. The quantitative estimate of drug-likeness (QED) is 0.299. The smallest absolute Gasteiger partial charge is 0.410 e. The lowest BCUT2D eigenvalue weighted by Crippen LogP contribution is -2.36. The Kier molecular flexibility index (Phi) is 7.98. The van der Waals surface area contributed by atoms with Crippen molar-refractivity contribution in [1.29, 1.82) is 0 Å². The summed E-state index contributed by atoms with van der Waals surface area (Å²) in [6.45, 7) is 8.78. The Morgan fingerprint density at radius 1 is 1.16 bits per heavy atom. The minimum atomic E-state index is -0.714. The van der Waals surface area contributed by atoms with E-state index in [1.165, 1.54) is 16.7 Å². The number of amides is 2.